The first-order valence-electron chi connectivity index (χ1n) is 12.5. The molecular weight excluding hydrogens is 501 g/mol. The molecule has 0 saturated carbocycles. The zero-order valence-corrected chi connectivity index (χ0v) is 20.5. The number of hydrogen-bond acceptors (Lipinski definition) is 9. The Morgan fingerprint density at radius 1 is 0.897 bits per heavy atom. The number of imidazole rings is 1. The fraction of sp³-hybridized carbons (Fsp3) is 0.185. The van der Waals surface area contributed by atoms with Crippen LogP contribution in [0.25, 0.3) is 56.0 Å². The normalized spacial score (nSPS) is 14.3. The molecule has 0 atom stereocenters. The van der Waals surface area contributed by atoms with E-state index in [0.29, 0.717) is 50.9 Å². The number of aromatic hydroxyl groups is 1. The molecule has 0 radical (unpaired) electrons. The SMILES string of the molecule is Oc1cc(F)cc(-c2cncc3[nH]c(-c4n[nH]c5cnc(-c6cncc(OC7CCNCC7)n6)cc45)nc23)c1. The standard InChI is InChI=1S/C27H22FN9O2/c28-15-5-14(6-16(38)7-15)19-9-30-11-23-25(19)35-27(34-23)26-18-8-20(32-12-21(18)36-37-26)22-10-31-13-24(33-22)39-17-1-3-29-4-2-17/h5-13,17,29,38H,1-4H2,(H,34,35)(H,36,37). The summed E-state index contributed by atoms with van der Waals surface area (Å²) in [5, 5.41) is 21.5. The first-order chi connectivity index (χ1) is 19.1. The van der Waals surface area contributed by atoms with Crippen LogP contribution in [0.15, 0.2) is 55.2 Å². The quantitative estimate of drug-likeness (QED) is 0.263. The third-order valence-electron chi connectivity index (χ3n) is 6.71. The van der Waals surface area contributed by atoms with Gasteiger partial charge >= 0.3 is 0 Å². The summed E-state index contributed by atoms with van der Waals surface area (Å²) < 4.78 is 20.0. The molecule has 6 heterocycles. The first kappa shape index (κ1) is 23.2. The Hall–Kier alpha value is -4.97. The van der Waals surface area contributed by atoms with E-state index in [1.807, 2.05) is 6.07 Å². The van der Waals surface area contributed by atoms with Crippen LogP contribution in [0.4, 0.5) is 4.39 Å². The van der Waals surface area contributed by atoms with E-state index in [1.54, 1.807) is 31.0 Å². The highest BCUT2D eigenvalue weighted by Crippen LogP contribution is 2.33. The van der Waals surface area contributed by atoms with E-state index in [9.17, 15) is 9.50 Å². The number of aromatic amines is 2. The van der Waals surface area contributed by atoms with Gasteiger partial charge in [0.15, 0.2) is 5.82 Å². The summed E-state index contributed by atoms with van der Waals surface area (Å²) in [7, 11) is 0. The van der Waals surface area contributed by atoms with Gasteiger partial charge in [-0.2, -0.15) is 5.10 Å². The van der Waals surface area contributed by atoms with Gasteiger partial charge in [-0.15, -0.1) is 0 Å². The number of phenols is 1. The molecule has 1 saturated heterocycles. The molecule has 39 heavy (non-hydrogen) atoms. The molecule has 1 fully saturated rings. The molecule has 0 bridgehead atoms. The fourth-order valence-electron chi connectivity index (χ4n) is 4.84. The third kappa shape index (κ3) is 4.40. The van der Waals surface area contributed by atoms with Crippen molar-refractivity contribution in [1.82, 2.24) is 45.4 Å². The minimum atomic E-state index is -0.551. The summed E-state index contributed by atoms with van der Waals surface area (Å²) in [6.45, 7) is 1.84. The number of phenolic OH excluding ortho intramolecular Hbond substituents is 1. The molecule has 0 spiro atoms. The maximum Gasteiger partial charge on any atom is 0.233 e. The number of nitrogens with one attached hydrogen (secondary N) is 3. The lowest BCUT2D eigenvalue weighted by atomic mass is 10.1. The number of H-pyrrole nitrogens is 2. The van der Waals surface area contributed by atoms with Gasteiger partial charge in [-0.3, -0.25) is 20.1 Å². The predicted octanol–water partition coefficient (Wildman–Crippen LogP) is 4.00. The van der Waals surface area contributed by atoms with Crippen LogP contribution in [0.2, 0.25) is 0 Å². The number of piperidine rings is 1. The summed E-state index contributed by atoms with van der Waals surface area (Å²) in [6, 6.07) is 5.73. The first-order valence-corrected chi connectivity index (χ1v) is 12.5. The zero-order valence-electron chi connectivity index (χ0n) is 20.5. The number of fused-ring (bicyclic) bond motifs is 2. The second kappa shape index (κ2) is 9.40. The molecule has 6 aromatic rings. The minimum Gasteiger partial charge on any atom is -0.508 e. The van der Waals surface area contributed by atoms with Crippen LogP contribution in [0.1, 0.15) is 12.8 Å². The van der Waals surface area contributed by atoms with Crippen LogP contribution in [-0.2, 0) is 0 Å². The smallest absolute Gasteiger partial charge is 0.233 e. The Bertz CT molecular complexity index is 1810. The average molecular weight is 524 g/mol. The van der Waals surface area contributed by atoms with Gasteiger partial charge in [0.2, 0.25) is 5.88 Å². The van der Waals surface area contributed by atoms with Gasteiger partial charge in [-0.1, -0.05) is 0 Å². The number of ether oxygens (including phenoxy) is 1. The summed E-state index contributed by atoms with van der Waals surface area (Å²) in [5.74, 6) is 0.237. The second-order valence-corrected chi connectivity index (χ2v) is 9.36. The average Bonchev–Trinajstić information content (AvgIpc) is 3.57. The largest absolute Gasteiger partial charge is 0.508 e. The summed E-state index contributed by atoms with van der Waals surface area (Å²) in [6.07, 6.45) is 10.1. The van der Waals surface area contributed by atoms with Gasteiger partial charge in [-0.05, 0) is 49.7 Å². The van der Waals surface area contributed by atoms with E-state index in [2.05, 4.69) is 40.4 Å². The highest BCUT2D eigenvalue weighted by Gasteiger charge is 2.19. The molecule has 1 aromatic carbocycles. The van der Waals surface area contributed by atoms with E-state index in [1.165, 1.54) is 12.1 Å². The number of halogens is 1. The fourth-order valence-corrected chi connectivity index (χ4v) is 4.84. The van der Waals surface area contributed by atoms with Crippen molar-refractivity contribution >= 4 is 21.9 Å². The maximum atomic E-state index is 14.0. The van der Waals surface area contributed by atoms with Gasteiger partial charge in [0.05, 0.1) is 47.0 Å². The molecule has 12 heteroatoms. The number of aromatic nitrogens is 8. The number of hydrogen-bond donors (Lipinski definition) is 4. The second-order valence-electron chi connectivity index (χ2n) is 9.36. The molecule has 7 rings (SSSR count). The summed E-state index contributed by atoms with van der Waals surface area (Å²) >= 11 is 0. The molecule has 4 N–H and O–H groups in total. The monoisotopic (exact) mass is 523 g/mol. The van der Waals surface area contributed by atoms with Crippen molar-refractivity contribution in [2.75, 3.05) is 13.1 Å². The van der Waals surface area contributed by atoms with Crippen molar-refractivity contribution in [2.24, 2.45) is 0 Å². The Morgan fingerprint density at radius 2 is 1.77 bits per heavy atom. The van der Waals surface area contributed by atoms with Crippen molar-refractivity contribution < 1.29 is 14.2 Å². The van der Waals surface area contributed by atoms with Gasteiger partial charge in [0, 0.05) is 23.2 Å². The Morgan fingerprint density at radius 3 is 2.64 bits per heavy atom. The predicted molar refractivity (Wildman–Crippen MR) is 141 cm³/mol. The zero-order chi connectivity index (χ0) is 26.3. The molecule has 1 aliphatic rings. The molecule has 0 amide bonds. The van der Waals surface area contributed by atoms with E-state index in [0.717, 1.165) is 42.9 Å². The van der Waals surface area contributed by atoms with Crippen molar-refractivity contribution in [1.29, 1.82) is 0 Å². The molecule has 5 aromatic heterocycles. The number of nitrogens with zero attached hydrogens (tertiary/aromatic N) is 6. The highest BCUT2D eigenvalue weighted by atomic mass is 19.1. The van der Waals surface area contributed by atoms with Gasteiger partial charge in [0.25, 0.3) is 0 Å². The van der Waals surface area contributed by atoms with Crippen LogP contribution in [0, 0.1) is 5.82 Å². The van der Waals surface area contributed by atoms with Crippen LogP contribution >= 0.6 is 0 Å². The van der Waals surface area contributed by atoms with Gasteiger partial charge in [-0.25, -0.2) is 14.4 Å². The summed E-state index contributed by atoms with van der Waals surface area (Å²) in [5.41, 5.74) is 4.75. The lowest BCUT2D eigenvalue weighted by Gasteiger charge is -2.23. The molecule has 0 aliphatic carbocycles. The lowest BCUT2D eigenvalue weighted by Crippen LogP contribution is -2.34. The van der Waals surface area contributed by atoms with Gasteiger partial charge in [0.1, 0.15) is 29.1 Å². The van der Waals surface area contributed by atoms with E-state index >= 15 is 0 Å². The Labute approximate surface area is 220 Å². The molecule has 11 nitrogen and oxygen atoms in total. The lowest BCUT2D eigenvalue weighted by molar-refractivity contribution is 0.155. The maximum absolute atomic E-state index is 14.0. The van der Waals surface area contributed by atoms with Crippen molar-refractivity contribution in [3.05, 3.63) is 61.1 Å². The highest BCUT2D eigenvalue weighted by molar-refractivity contribution is 5.97. The van der Waals surface area contributed by atoms with E-state index in [4.69, 9.17) is 9.72 Å². The number of rotatable bonds is 5. The van der Waals surface area contributed by atoms with Crippen LogP contribution in [0.5, 0.6) is 11.6 Å². The Balaban J connectivity index is 1.26. The topological polar surface area (TPSA) is 150 Å². The third-order valence-corrected chi connectivity index (χ3v) is 6.71. The van der Waals surface area contributed by atoms with Crippen LogP contribution in [0.3, 0.4) is 0 Å². The molecule has 194 valence electrons. The van der Waals surface area contributed by atoms with Crippen molar-refractivity contribution in [3.63, 3.8) is 0 Å². The Kier molecular flexibility index (Phi) is 5.59. The van der Waals surface area contributed by atoms with Crippen molar-refractivity contribution in [3.8, 4) is 45.7 Å². The number of benzene rings is 1. The molecular formula is C27H22FN9O2. The number of pyridine rings is 2. The minimum absolute atomic E-state index is 0.107. The van der Waals surface area contributed by atoms with Crippen LogP contribution in [-0.4, -0.2) is 64.4 Å². The van der Waals surface area contributed by atoms with Gasteiger partial charge < -0.3 is 20.1 Å². The summed E-state index contributed by atoms with van der Waals surface area (Å²) in [4.78, 5) is 25.8. The molecule has 1 aliphatic heterocycles. The molecule has 0 unspecified atom stereocenters. The van der Waals surface area contributed by atoms with Crippen molar-refractivity contribution in [2.45, 2.75) is 18.9 Å². The van der Waals surface area contributed by atoms with E-state index < -0.39 is 5.82 Å². The van der Waals surface area contributed by atoms with Crippen LogP contribution < -0.4 is 10.1 Å². The van der Waals surface area contributed by atoms with E-state index in [-0.39, 0.29) is 11.9 Å².